The van der Waals surface area contributed by atoms with Crippen molar-refractivity contribution in [3.05, 3.63) is 34.2 Å². The third-order valence-electron chi connectivity index (χ3n) is 2.22. The lowest BCUT2D eigenvalue weighted by Crippen LogP contribution is -2.12. The predicted octanol–water partition coefficient (Wildman–Crippen LogP) is 1.75. The number of anilines is 1. The van der Waals surface area contributed by atoms with Gasteiger partial charge in [0.15, 0.2) is 0 Å². The quantitative estimate of drug-likeness (QED) is 0.625. The minimum absolute atomic E-state index is 0.363. The van der Waals surface area contributed by atoms with Crippen molar-refractivity contribution in [2.24, 2.45) is 5.84 Å². The zero-order valence-electron chi connectivity index (χ0n) is 9.51. The van der Waals surface area contributed by atoms with E-state index in [0.29, 0.717) is 18.4 Å². The van der Waals surface area contributed by atoms with Gasteiger partial charge in [0.1, 0.15) is 0 Å². The van der Waals surface area contributed by atoms with Crippen LogP contribution in [0.3, 0.4) is 0 Å². The van der Waals surface area contributed by atoms with Crippen LogP contribution in [0.25, 0.3) is 0 Å². The van der Waals surface area contributed by atoms with E-state index in [1.807, 2.05) is 13.0 Å². The van der Waals surface area contributed by atoms with Gasteiger partial charge in [-0.1, -0.05) is 6.07 Å². The van der Waals surface area contributed by atoms with Crippen molar-refractivity contribution in [1.29, 1.82) is 0 Å². The average molecular weight is 250 g/mol. The van der Waals surface area contributed by atoms with E-state index in [9.17, 15) is 0 Å². The van der Waals surface area contributed by atoms with E-state index in [-0.39, 0.29) is 0 Å². The summed E-state index contributed by atoms with van der Waals surface area (Å²) in [6.07, 6.45) is 2.56. The Morgan fingerprint density at radius 3 is 3.12 bits per heavy atom. The molecule has 5 nitrogen and oxygen atoms in total. The van der Waals surface area contributed by atoms with E-state index >= 15 is 0 Å². The van der Waals surface area contributed by atoms with Crippen LogP contribution in [0.5, 0.6) is 5.88 Å². The smallest absolute Gasteiger partial charge is 0.240 e. The molecule has 6 heteroatoms. The number of hydrazine groups is 1. The van der Waals surface area contributed by atoms with Crippen molar-refractivity contribution in [2.75, 3.05) is 12.0 Å². The molecule has 2 aromatic rings. The molecule has 0 saturated heterocycles. The molecule has 3 N–H and O–H groups in total. The van der Waals surface area contributed by atoms with Crippen LogP contribution in [0.4, 0.5) is 5.95 Å². The lowest BCUT2D eigenvalue weighted by atomic mass is 10.3. The number of nitrogen functional groups attached to an aromatic ring is 1. The lowest BCUT2D eigenvalue weighted by Gasteiger charge is -2.08. The van der Waals surface area contributed by atoms with Crippen molar-refractivity contribution < 1.29 is 4.74 Å². The summed E-state index contributed by atoms with van der Waals surface area (Å²) in [5, 5.41) is 2.06. The average Bonchev–Trinajstić information content (AvgIpc) is 2.84. The molecule has 2 aromatic heterocycles. The summed E-state index contributed by atoms with van der Waals surface area (Å²) in [4.78, 5) is 9.43. The highest BCUT2D eigenvalue weighted by Crippen LogP contribution is 2.16. The van der Waals surface area contributed by atoms with Gasteiger partial charge in [0.05, 0.1) is 6.61 Å². The van der Waals surface area contributed by atoms with Gasteiger partial charge in [0.2, 0.25) is 11.8 Å². The van der Waals surface area contributed by atoms with Crippen molar-refractivity contribution in [2.45, 2.75) is 13.3 Å². The molecule has 0 aromatic carbocycles. The Morgan fingerprint density at radius 2 is 2.41 bits per heavy atom. The number of aromatic nitrogens is 2. The van der Waals surface area contributed by atoms with Crippen molar-refractivity contribution in [3.8, 4) is 5.88 Å². The molecule has 0 amide bonds. The van der Waals surface area contributed by atoms with E-state index in [2.05, 4.69) is 26.8 Å². The number of rotatable bonds is 5. The van der Waals surface area contributed by atoms with Gasteiger partial charge in [0.25, 0.3) is 0 Å². The van der Waals surface area contributed by atoms with Crippen LogP contribution in [0, 0.1) is 6.92 Å². The van der Waals surface area contributed by atoms with Crippen molar-refractivity contribution in [3.63, 3.8) is 0 Å². The first kappa shape index (κ1) is 11.8. The van der Waals surface area contributed by atoms with Crippen LogP contribution >= 0.6 is 11.3 Å². The number of hydrogen-bond donors (Lipinski definition) is 2. The molecule has 90 valence electrons. The molecule has 0 atom stereocenters. The van der Waals surface area contributed by atoms with E-state index in [4.69, 9.17) is 10.6 Å². The zero-order valence-corrected chi connectivity index (χ0v) is 10.3. The summed E-state index contributed by atoms with van der Waals surface area (Å²) in [5.74, 6) is 6.18. The Hall–Kier alpha value is -1.66. The zero-order chi connectivity index (χ0) is 12.1. The predicted molar refractivity (Wildman–Crippen MR) is 68.1 cm³/mol. The van der Waals surface area contributed by atoms with Crippen LogP contribution in [0.1, 0.15) is 10.4 Å². The first-order chi connectivity index (χ1) is 8.29. The lowest BCUT2D eigenvalue weighted by molar-refractivity contribution is 0.308. The molecule has 0 unspecified atom stereocenters. The van der Waals surface area contributed by atoms with Gasteiger partial charge in [-0.05, 0) is 18.4 Å². The number of thiophene rings is 1. The van der Waals surface area contributed by atoms with E-state index < -0.39 is 0 Å². The summed E-state index contributed by atoms with van der Waals surface area (Å²) in [5.41, 5.74) is 3.30. The fraction of sp³-hybridized carbons (Fsp3) is 0.273. The van der Waals surface area contributed by atoms with Crippen LogP contribution in [-0.4, -0.2) is 16.6 Å². The van der Waals surface area contributed by atoms with Gasteiger partial charge < -0.3 is 4.74 Å². The Balaban J connectivity index is 1.94. The SMILES string of the molecule is Cc1cnc(NN)nc1OCCc1cccs1. The van der Waals surface area contributed by atoms with Gasteiger partial charge >= 0.3 is 0 Å². The molecule has 17 heavy (non-hydrogen) atoms. The summed E-state index contributed by atoms with van der Waals surface area (Å²) in [6.45, 7) is 2.50. The molecular weight excluding hydrogens is 236 g/mol. The molecule has 0 spiro atoms. The van der Waals surface area contributed by atoms with Gasteiger partial charge in [-0.25, -0.2) is 10.8 Å². The number of nitrogens with two attached hydrogens (primary N) is 1. The first-order valence-corrected chi connectivity index (χ1v) is 6.13. The van der Waals surface area contributed by atoms with E-state index in [1.54, 1.807) is 17.5 Å². The maximum absolute atomic E-state index is 5.61. The van der Waals surface area contributed by atoms with Crippen LogP contribution < -0.4 is 16.0 Å². The van der Waals surface area contributed by atoms with Crippen LogP contribution in [0.15, 0.2) is 23.7 Å². The fourth-order valence-electron chi connectivity index (χ4n) is 1.35. The number of ether oxygens (including phenoxy) is 1. The molecule has 0 radical (unpaired) electrons. The number of hydrogen-bond acceptors (Lipinski definition) is 6. The number of aryl methyl sites for hydroxylation is 1. The molecule has 0 bridgehead atoms. The first-order valence-electron chi connectivity index (χ1n) is 5.25. The second-order valence-electron chi connectivity index (χ2n) is 3.50. The van der Waals surface area contributed by atoms with Crippen LogP contribution in [0.2, 0.25) is 0 Å². The topological polar surface area (TPSA) is 73.1 Å². The Kier molecular flexibility index (Phi) is 3.89. The van der Waals surface area contributed by atoms with Crippen molar-refractivity contribution >= 4 is 17.3 Å². The maximum atomic E-state index is 5.61. The molecule has 0 saturated carbocycles. The highest BCUT2D eigenvalue weighted by Gasteiger charge is 2.04. The van der Waals surface area contributed by atoms with Gasteiger partial charge in [-0.2, -0.15) is 4.98 Å². The molecule has 0 aliphatic rings. The molecular formula is C11H14N4OS. The Labute approximate surface area is 104 Å². The van der Waals surface area contributed by atoms with E-state index in [1.165, 1.54) is 4.88 Å². The monoisotopic (exact) mass is 250 g/mol. The minimum Gasteiger partial charge on any atom is -0.477 e. The summed E-state index contributed by atoms with van der Waals surface area (Å²) in [6, 6.07) is 4.13. The molecule has 0 fully saturated rings. The standard InChI is InChI=1S/C11H14N4OS/c1-8-7-13-11(15-12)14-10(8)16-5-4-9-3-2-6-17-9/h2-3,6-7H,4-5,12H2,1H3,(H,13,14,15). The van der Waals surface area contributed by atoms with Gasteiger partial charge in [0, 0.05) is 23.1 Å². The third-order valence-corrected chi connectivity index (χ3v) is 3.16. The van der Waals surface area contributed by atoms with Gasteiger partial charge in [-0.3, -0.25) is 5.43 Å². The second-order valence-corrected chi connectivity index (χ2v) is 4.54. The molecule has 2 rings (SSSR count). The molecule has 0 aliphatic heterocycles. The van der Waals surface area contributed by atoms with Crippen LogP contribution in [-0.2, 0) is 6.42 Å². The molecule has 2 heterocycles. The Bertz CT molecular complexity index is 472. The fourth-order valence-corrected chi connectivity index (χ4v) is 2.04. The maximum Gasteiger partial charge on any atom is 0.240 e. The summed E-state index contributed by atoms with van der Waals surface area (Å²) >= 11 is 1.72. The highest BCUT2D eigenvalue weighted by atomic mass is 32.1. The Morgan fingerprint density at radius 1 is 1.53 bits per heavy atom. The van der Waals surface area contributed by atoms with E-state index in [0.717, 1.165) is 12.0 Å². The number of nitrogens with zero attached hydrogens (tertiary/aromatic N) is 2. The summed E-state index contributed by atoms with van der Waals surface area (Å²) in [7, 11) is 0. The highest BCUT2D eigenvalue weighted by molar-refractivity contribution is 7.09. The second kappa shape index (κ2) is 5.60. The number of nitrogens with one attached hydrogen (secondary N) is 1. The normalized spacial score (nSPS) is 10.2. The largest absolute Gasteiger partial charge is 0.477 e. The molecule has 0 aliphatic carbocycles. The van der Waals surface area contributed by atoms with Crippen molar-refractivity contribution in [1.82, 2.24) is 9.97 Å². The van der Waals surface area contributed by atoms with Gasteiger partial charge in [-0.15, -0.1) is 11.3 Å². The summed E-state index contributed by atoms with van der Waals surface area (Å²) < 4.78 is 5.61. The third kappa shape index (κ3) is 3.15. The minimum atomic E-state index is 0.363.